The smallest absolute Gasteiger partial charge is 0.196 e. The van der Waals surface area contributed by atoms with Crippen LogP contribution in [0.1, 0.15) is 12.5 Å². The summed E-state index contributed by atoms with van der Waals surface area (Å²) in [6, 6.07) is 6.81. The lowest BCUT2D eigenvalue weighted by molar-refractivity contribution is 0.317. The van der Waals surface area contributed by atoms with E-state index in [1.165, 1.54) is 0 Å². The number of para-hydroxylation sites is 1. The maximum atomic E-state index is 13.5. The van der Waals surface area contributed by atoms with Crippen molar-refractivity contribution in [1.82, 2.24) is 0 Å². The number of anilines is 1. The van der Waals surface area contributed by atoms with Gasteiger partial charge in [-0.2, -0.15) is 0 Å². The molecule has 21 heavy (non-hydrogen) atoms. The third-order valence-corrected chi connectivity index (χ3v) is 2.89. The minimum Gasteiger partial charge on any atom is -0.504 e. The van der Waals surface area contributed by atoms with E-state index in [9.17, 15) is 18.3 Å². The highest BCUT2D eigenvalue weighted by Crippen LogP contribution is 2.30. The summed E-state index contributed by atoms with van der Waals surface area (Å²) in [5.41, 5.74) is 0.264. The van der Waals surface area contributed by atoms with Crippen molar-refractivity contribution in [2.45, 2.75) is 13.5 Å². The first kappa shape index (κ1) is 15.0. The normalized spacial score (nSPS) is 10.5. The van der Waals surface area contributed by atoms with E-state index in [1.54, 1.807) is 25.1 Å². The highest BCUT2D eigenvalue weighted by atomic mass is 19.2. The maximum Gasteiger partial charge on any atom is 0.196 e. The topological polar surface area (TPSA) is 41.5 Å². The molecule has 0 unspecified atom stereocenters. The molecule has 0 saturated carbocycles. The molecule has 2 aromatic carbocycles. The second-order valence-corrected chi connectivity index (χ2v) is 4.27. The molecule has 2 rings (SSSR count). The Kier molecular flexibility index (Phi) is 4.57. The van der Waals surface area contributed by atoms with Gasteiger partial charge in [-0.05, 0) is 25.1 Å². The van der Waals surface area contributed by atoms with Gasteiger partial charge >= 0.3 is 0 Å². The van der Waals surface area contributed by atoms with E-state index in [2.05, 4.69) is 5.32 Å². The third kappa shape index (κ3) is 3.21. The molecule has 0 atom stereocenters. The molecule has 112 valence electrons. The fraction of sp³-hybridized carbons (Fsp3) is 0.200. The van der Waals surface area contributed by atoms with Crippen LogP contribution in [0.2, 0.25) is 0 Å². The Morgan fingerprint density at radius 1 is 1.10 bits per heavy atom. The average Bonchev–Trinajstić information content (AvgIpc) is 2.48. The van der Waals surface area contributed by atoms with Gasteiger partial charge in [-0.15, -0.1) is 0 Å². The Bertz CT molecular complexity index is 647. The van der Waals surface area contributed by atoms with Crippen LogP contribution in [0.3, 0.4) is 0 Å². The lowest BCUT2D eigenvalue weighted by Gasteiger charge is -2.12. The fourth-order valence-electron chi connectivity index (χ4n) is 1.84. The summed E-state index contributed by atoms with van der Waals surface area (Å²) in [5, 5.41) is 12.6. The zero-order chi connectivity index (χ0) is 15.4. The second kappa shape index (κ2) is 6.39. The molecule has 0 fully saturated rings. The zero-order valence-electron chi connectivity index (χ0n) is 11.3. The lowest BCUT2D eigenvalue weighted by Crippen LogP contribution is -2.04. The van der Waals surface area contributed by atoms with Gasteiger partial charge in [-0.1, -0.05) is 12.1 Å². The molecule has 0 aromatic heterocycles. The Balaban J connectivity index is 2.17. The van der Waals surface area contributed by atoms with Crippen molar-refractivity contribution in [2.24, 2.45) is 0 Å². The number of ether oxygens (including phenoxy) is 1. The molecule has 3 nitrogen and oxygen atoms in total. The predicted molar refractivity (Wildman–Crippen MR) is 72.9 cm³/mol. The molecule has 0 heterocycles. The number of aromatic hydroxyl groups is 1. The van der Waals surface area contributed by atoms with Gasteiger partial charge in [-0.3, -0.25) is 0 Å². The minimum atomic E-state index is -1.53. The Morgan fingerprint density at radius 3 is 2.57 bits per heavy atom. The molecule has 0 spiro atoms. The van der Waals surface area contributed by atoms with Gasteiger partial charge in [0.05, 0.1) is 12.3 Å². The first-order valence-electron chi connectivity index (χ1n) is 6.35. The van der Waals surface area contributed by atoms with Crippen molar-refractivity contribution >= 4 is 5.69 Å². The Labute approximate surface area is 120 Å². The van der Waals surface area contributed by atoms with E-state index in [0.717, 1.165) is 12.1 Å². The van der Waals surface area contributed by atoms with Gasteiger partial charge in [0.25, 0.3) is 0 Å². The number of benzene rings is 2. The number of hydrogen-bond acceptors (Lipinski definition) is 3. The molecule has 0 radical (unpaired) electrons. The summed E-state index contributed by atoms with van der Waals surface area (Å²) in [4.78, 5) is 0. The maximum absolute atomic E-state index is 13.5. The van der Waals surface area contributed by atoms with Crippen molar-refractivity contribution in [3.8, 4) is 11.5 Å². The van der Waals surface area contributed by atoms with Crippen LogP contribution < -0.4 is 10.1 Å². The quantitative estimate of drug-likeness (QED) is 0.824. The fourth-order valence-corrected chi connectivity index (χ4v) is 1.84. The highest BCUT2D eigenvalue weighted by molar-refractivity contribution is 5.50. The van der Waals surface area contributed by atoms with Crippen molar-refractivity contribution in [1.29, 1.82) is 0 Å². The number of hydrogen-bond donors (Lipinski definition) is 2. The number of phenolic OH excluding ortho intramolecular Hbond substituents is 1. The molecule has 0 bridgehead atoms. The summed E-state index contributed by atoms with van der Waals surface area (Å²) in [5.74, 6) is -3.85. The van der Waals surface area contributed by atoms with E-state index < -0.39 is 17.5 Å². The van der Waals surface area contributed by atoms with E-state index in [1.807, 2.05) is 0 Å². The largest absolute Gasteiger partial charge is 0.504 e. The number of halogens is 3. The van der Waals surface area contributed by atoms with Crippen molar-refractivity contribution in [3.05, 3.63) is 53.3 Å². The van der Waals surface area contributed by atoms with Gasteiger partial charge in [0.2, 0.25) is 0 Å². The first-order valence-corrected chi connectivity index (χ1v) is 6.35. The summed E-state index contributed by atoms with van der Waals surface area (Å²) in [7, 11) is 0. The monoisotopic (exact) mass is 297 g/mol. The first-order chi connectivity index (χ1) is 10.0. The molecule has 6 heteroatoms. The Hall–Kier alpha value is -2.37. The summed E-state index contributed by atoms with van der Waals surface area (Å²) >= 11 is 0. The molecule has 2 N–H and O–H groups in total. The van der Waals surface area contributed by atoms with Gasteiger partial charge in [0.1, 0.15) is 0 Å². The van der Waals surface area contributed by atoms with E-state index in [4.69, 9.17) is 4.74 Å². The lowest BCUT2D eigenvalue weighted by atomic mass is 10.1. The number of phenols is 1. The van der Waals surface area contributed by atoms with E-state index in [0.29, 0.717) is 17.9 Å². The van der Waals surface area contributed by atoms with Crippen LogP contribution in [0.4, 0.5) is 18.9 Å². The third-order valence-electron chi connectivity index (χ3n) is 2.89. The molecule has 0 aliphatic carbocycles. The number of rotatable bonds is 5. The molecule has 0 saturated heterocycles. The molecule has 0 amide bonds. The van der Waals surface area contributed by atoms with Crippen molar-refractivity contribution < 1.29 is 23.0 Å². The van der Waals surface area contributed by atoms with Crippen LogP contribution in [0.15, 0.2) is 30.3 Å². The highest BCUT2D eigenvalue weighted by Gasteiger charge is 2.14. The SMILES string of the molecule is CCOc1cccc(CNc2ccc(F)c(F)c2F)c1O. The van der Waals surface area contributed by atoms with Crippen LogP contribution in [0.25, 0.3) is 0 Å². The van der Waals surface area contributed by atoms with Gasteiger partial charge in [-0.25, -0.2) is 13.2 Å². The zero-order valence-corrected chi connectivity index (χ0v) is 11.3. The van der Waals surface area contributed by atoms with Crippen LogP contribution in [0, 0.1) is 17.5 Å². The Morgan fingerprint density at radius 2 is 1.86 bits per heavy atom. The molecule has 0 aliphatic heterocycles. The molecular formula is C15H14F3NO2. The summed E-state index contributed by atoms with van der Waals surface area (Å²) in [6.45, 7) is 2.21. The summed E-state index contributed by atoms with van der Waals surface area (Å²) < 4.78 is 44.7. The van der Waals surface area contributed by atoms with Gasteiger partial charge in [0, 0.05) is 12.1 Å². The summed E-state index contributed by atoms with van der Waals surface area (Å²) in [6.07, 6.45) is 0. The predicted octanol–water partition coefficient (Wildman–Crippen LogP) is 3.82. The van der Waals surface area contributed by atoms with Crippen molar-refractivity contribution in [3.63, 3.8) is 0 Å². The van der Waals surface area contributed by atoms with Gasteiger partial charge < -0.3 is 15.2 Å². The average molecular weight is 297 g/mol. The number of nitrogens with one attached hydrogen (secondary N) is 1. The van der Waals surface area contributed by atoms with E-state index in [-0.39, 0.29) is 18.0 Å². The minimum absolute atomic E-state index is 0.0364. The van der Waals surface area contributed by atoms with Crippen molar-refractivity contribution in [2.75, 3.05) is 11.9 Å². The molecule has 2 aromatic rings. The molecular weight excluding hydrogens is 283 g/mol. The van der Waals surface area contributed by atoms with Gasteiger partial charge in [0.15, 0.2) is 29.0 Å². The van der Waals surface area contributed by atoms with E-state index >= 15 is 0 Å². The second-order valence-electron chi connectivity index (χ2n) is 4.27. The molecule has 0 aliphatic rings. The standard InChI is InChI=1S/C15H14F3NO2/c1-2-21-12-5-3-4-9(15(12)20)8-19-11-7-6-10(16)13(17)14(11)18/h3-7,19-20H,2,8H2,1H3. The van der Waals surface area contributed by atoms with Crippen LogP contribution in [-0.2, 0) is 6.54 Å². The van der Waals surface area contributed by atoms with Crippen LogP contribution in [-0.4, -0.2) is 11.7 Å². The van der Waals surface area contributed by atoms with Crippen LogP contribution in [0.5, 0.6) is 11.5 Å². The van der Waals surface area contributed by atoms with Crippen LogP contribution >= 0.6 is 0 Å².